The Labute approximate surface area is 116 Å². The van der Waals surface area contributed by atoms with Gasteiger partial charge in [0.05, 0.1) is 7.11 Å². The number of ether oxygens (including phenoxy) is 1. The van der Waals surface area contributed by atoms with Crippen LogP contribution in [0, 0.1) is 0 Å². The number of nitrogens with zero attached hydrogens (tertiary/aromatic N) is 2. The molecule has 2 rings (SSSR count). The molecule has 1 aromatic heterocycles. The molecular weight excluding hydrogens is 262 g/mol. The number of nitrogens with one attached hydrogen (secondary N) is 1. The fourth-order valence-corrected chi connectivity index (χ4v) is 2.41. The molecule has 1 aliphatic carbocycles. The number of carbonyl (C=O) groups is 2. The van der Waals surface area contributed by atoms with Gasteiger partial charge in [0.15, 0.2) is 0 Å². The highest BCUT2D eigenvalue weighted by Gasteiger charge is 2.39. The van der Waals surface area contributed by atoms with E-state index in [0.29, 0.717) is 18.7 Å². The van der Waals surface area contributed by atoms with Gasteiger partial charge in [-0.15, -0.1) is 0 Å². The largest absolute Gasteiger partial charge is 0.480 e. The van der Waals surface area contributed by atoms with Gasteiger partial charge in [0.1, 0.15) is 11.4 Å². The first-order valence-electron chi connectivity index (χ1n) is 6.50. The summed E-state index contributed by atoms with van der Waals surface area (Å²) >= 11 is 0. The smallest absolute Gasteiger partial charge is 0.376 e. The Balaban J connectivity index is 2.23. The lowest BCUT2D eigenvalue weighted by Gasteiger charge is -2.34. The molecule has 20 heavy (non-hydrogen) atoms. The molecule has 7 nitrogen and oxygen atoms in total. The lowest BCUT2D eigenvalue weighted by molar-refractivity contribution is -0.143. The number of carboxylic acids is 1. The third-order valence-corrected chi connectivity index (χ3v) is 3.51. The van der Waals surface area contributed by atoms with E-state index in [4.69, 9.17) is 0 Å². The summed E-state index contributed by atoms with van der Waals surface area (Å²) in [6, 6.07) is 1.55. The second-order valence-corrected chi connectivity index (χ2v) is 4.83. The number of esters is 1. The Morgan fingerprint density at radius 1 is 1.35 bits per heavy atom. The minimum Gasteiger partial charge on any atom is -0.480 e. The average Bonchev–Trinajstić information content (AvgIpc) is 2.47. The van der Waals surface area contributed by atoms with Gasteiger partial charge >= 0.3 is 11.9 Å². The van der Waals surface area contributed by atoms with E-state index in [0.717, 1.165) is 19.3 Å². The van der Waals surface area contributed by atoms with E-state index in [-0.39, 0.29) is 5.82 Å². The number of hydrogen-bond donors (Lipinski definition) is 2. The minimum absolute atomic E-state index is 0.0890. The van der Waals surface area contributed by atoms with Gasteiger partial charge < -0.3 is 15.2 Å². The van der Waals surface area contributed by atoms with Crippen molar-refractivity contribution in [2.75, 3.05) is 12.4 Å². The van der Waals surface area contributed by atoms with Crippen molar-refractivity contribution in [1.29, 1.82) is 0 Å². The zero-order valence-corrected chi connectivity index (χ0v) is 11.3. The van der Waals surface area contributed by atoms with Gasteiger partial charge in [-0.05, 0) is 18.9 Å². The average molecular weight is 279 g/mol. The SMILES string of the molecule is COC(=O)c1nccc(NC2(C(=O)O)CCCCC2)n1. The number of hydrogen-bond acceptors (Lipinski definition) is 6. The van der Waals surface area contributed by atoms with Crippen LogP contribution < -0.4 is 5.32 Å². The zero-order chi connectivity index (χ0) is 14.6. The molecular formula is C13H17N3O4. The topological polar surface area (TPSA) is 101 Å². The summed E-state index contributed by atoms with van der Waals surface area (Å²) in [4.78, 5) is 30.7. The van der Waals surface area contributed by atoms with Crippen molar-refractivity contribution in [3.63, 3.8) is 0 Å². The molecule has 0 unspecified atom stereocenters. The second kappa shape index (κ2) is 5.85. The van der Waals surface area contributed by atoms with Crippen LogP contribution in [0.5, 0.6) is 0 Å². The Kier molecular flexibility index (Phi) is 4.16. The first-order valence-corrected chi connectivity index (χ1v) is 6.50. The van der Waals surface area contributed by atoms with Gasteiger partial charge in [-0.1, -0.05) is 19.3 Å². The molecule has 1 heterocycles. The van der Waals surface area contributed by atoms with E-state index in [2.05, 4.69) is 20.0 Å². The van der Waals surface area contributed by atoms with Crippen molar-refractivity contribution < 1.29 is 19.4 Å². The molecule has 0 amide bonds. The molecule has 0 radical (unpaired) electrons. The lowest BCUT2D eigenvalue weighted by Crippen LogP contribution is -2.48. The zero-order valence-electron chi connectivity index (χ0n) is 11.3. The number of carboxylic acid groups (broad SMARTS) is 1. The predicted molar refractivity (Wildman–Crippen MR) is 70.4 cm³/mol. The Bertz CT molecular complexity index is 512. The van der Waals surface area contributed by atoms with Crippen molar-refractivity contribution in [3.05, 3.63) is 18.1 Å². The van der Waals surface area contributed by atoms with Crippen LogP contribution >= 0.6 is 0 Å². The summed E-state index contributed by atoms with van der Waals surface area (Å²) in [7, 11) is 1.24. The molecule has 2 N–H and O–H groups in total. The summed E-state index contributed by atoms with van der Waals surface area (Å²) in [5.74, 6) is -1.31. The van der Waals surface area contributed by atoms with E-state index >= 15 is 0 Å². The molecule has 1 aliphatic rings. The molecule has 0 atom stereocenters. The minimum atomic E-state index is -1.01. The maximum absolute atomic E-state index is 11.6. The highest BCUT2D eigenvalue weighted by molar-refractivity contribution is 5.86. The molecule has 108 valence electrons. The third-order valence-electron chi connectivity index (χ3n) is 3.51. The van der Waals surface area contributed by atoms with Crippen LogP contribution in [-0.2, 0) is 9.53 Å². The van der Waals surface area contributed by atoms with Crippen molar-refractivity contribution in [1.82, 2.24) is 9.97 Å². The third kappa shape index (κ3) is 2.87. The van der Waals surface area contributed by atoms with E-state index in [9.17, 15) is 14.7 Å². The Hall–Kier alpha value is -2.18. The van der Waals surface area contributed by atoms with E-state index < -0.39 is 17.5 Å². The van der Waals surface area contributed by atoms with Crippen molar-refractivity contribution >= 4 is 17.8 Å². The van der Waals surface area contributed by atoms with Crippen LogP contribution in [0.25, 0.3) is 0 Å². The number of anilines is 1. The number of carbonyl (C=O) groups excluding carboxylic acids is 1. The molecule has 1 fully saturated rings. The Morgan fingerprint density at radius 2 is 2.05 bits per heavy atom. The molecule has 0 aromatic carbocycles. The van der Waals surface area contributed by atoms with Crippen LogP contribution in [0.4, 0.5) is 5.82 Å². The van der Waals surface area contributed by atoms with Gasteiger partial charge in [-0.3, -0.25) is 0 Å². The highest BCUT2D eigenvalue weighted by Crippen LogP contribution is 2.31. The summed E-state index contributed by atoms with van der Waals surface area (Å²) in [5.41, 5.74) is -1.01. The predicted octanol–water partition coefficient (Wildman–Crippen LogP) is 1.46. The monoisotopic (exact) mass is 279 g/mol. The fraction of sp³-hybridized carbons (Fsp3) is 0.538. The highest BCUT2D eigenvalue weighted by atomic mass is 16.5. The maximum Gasteiger partial charge on any atom is 0.376 e. The van der Waals surface area contributed by atoms with Crippen molar-refractivity contribution in [2.45, 2.75) is 37.6 Å². The van der Waals surface area contributed by atoms with Crippen molar-refractivity contribution in [3.8, 4) is 0 Å². The van der Waals surface area contributed by atoms with Gasteiger partial charge in [-0.2, -0.15) is 0 Å². The molecule has 1 aromatic rings. The summed E-state index contributed by atoms with van der Waals surface area (Å²) in [5, 5.41) is 12.4. The normalized spacial score (nSPS) is 17.2. The first-order chi connectivity index (χ1) is 9.57. The molecule has 0 bridgehead atoms. The van der Waals surface area contributed by atoms with E-state index in [1.165, 1.54) is 13.3 Å². The number of aliphatic carboxylic acids is 1. The van der Waals surface area contributed by atoms with Crippen LogP contribution in [0.1, 0.15) is 42.7 Å². The number of methoxy groups -OCH3 is 1. The number of rotatable bonds is 4. The first kappa shape index (κ1) is 14.2. The molecule has 0 spiro atoms. The lowest BCUT2D eigenvalue weighted by atomic mass is 9.81. The van der Waals surface area contributed by atoms with Crippen LogP contribution in [0.3, 0.4) is 0 Å². The van der Waals surface area contributed by atoms with Gasteiger partial charge in [0, 0.05) is 6.20 Å². The molecule has 1 saturated carbocycles. The van der Waals surface area contributed by atoms with Crippen molar-refractivity contribution in [2.24, 2.45) is 0 Å². The van der Waals surface area contributed by atoms with Crippen LogP contribution in [0.2, 0.25) is 0 Å². The van der Waals surface area contributed by atoms with Gasteiger partial charge in [-0.25, -0.2) is 19.6 Å². The quantitative estimate of drug-likeness (QED) is 0.804. The van der Waals surface area contributed by atoms with E-state index in [1.54, 1.807) is 6.07 Å². The van der Waals surface area contributed by atoms with Crippen LogP contribution in [-0.4, -0.2) is 39.7 Å². The summed E-state index contributed by atoms with van der Waals surface area (Å²) < 4.78 is 4.55. The maximum atomic E-state index is 11.6. The summed E-state index contributed by atoms with van der Waals surface area (Å²) in [6.45, 7) is 0. The van der Waals surface area contributed by atoms with Gasteiger partial charge in [0.25, 0.3) is 0 Å². The molecule has 7 heteroatoms. The second-order valence-electron chi connectivity index (χ2n) is 4.83. The fourth-order valence-electron chi connectivity index (χ4n) is 2.41. The molecule has 0 saturated heterocycles. The van der Waals surface area contributed by atoms with E-state index in [1.807, 2.05) is 0 Å². The number of aromatic nitrogens is 2. The van der Waals surface area contributed by atoms with Gasteiger partial charge in [0.2, 0.25) is 5.82 Å². The summed E-state index contributed by atoms with van der Waals surface area (Å²) in [6.07, 6.45) is 5.23. The molecule has 0 aliphatic heterocycles. The standard InChI is InChI=1S/C13H17N3O4/c1-20-11(17)10-14-8-5-9(15-10)16-13(12(18)19)6-3-2-4-7-13/h5,8H,2-4,6-7H2,1H3,(H,18,19)(H,14,15,16). The van der Waals surface area contributed by atoms with Crippen LogP contribution in [0.15, 0.2) is 12.3 Å². The Morgan fingerprint density at radius 3 is 2.65 bits per heavy atom.